The number of rotatable bonds is 21. The molecular weight excluding hydrogens is 554 g/mol. The molecule has 220 valence electrons. The number of nitrogens with zero attached hydrogens (tertiary/aromatic N) is 3. The lowest BCUT2D eigenvalue weighted by atomic mass is 9.91. The summed E-state index contributed by atoms with van der Waals surface area (Å²) in [5, 5.41) is 1.80. The standard InChI is InChI=1S/C17H23F12N3O5/c1-33-2-3-34-4-5-35-6-7-36-8-9-37-11-13(20,21)15(24,25)17(28,29)16(26,27)14(22,23)12(18,19)10-31-32-30/h2-11H2,1H3. The number of alkyl halides is 12. The van der Waals surface area contributed by atoms with E-state index in [1.54, 1.807) is 5.11 Å². The summed E-state index contributed by atoms with van der Waals surface area (Å²) in [6.45, 7) is -6.30. The van der Waals surface area contributed by atoms with Gasteiger partial charge in [0.1, 0.15) is 6.61 Å². The first-order valence-corrected chi connectivity index (χ1v) is 9.95. The molecule has 0 amide bonds. The van der Waals surface area contributed by atoms with Crippen molar-refractivity contribution in [3.63, 3.8) is 0 Å². The fraction of sp³-hybridized carbons (Fsp3) is 1.00. The Kier molecular flexibility index (Phi) is 13.8. The van der Waals surface area contributed by atoms with Gasteiger partial charge in [-0.1, -0.05) is 5.11 Å². The van der Waals surface area contributed by atoms with E-state index < -0.39 is 61.9 Å². The van der Waals surface area contributed by atoms with Crippen LogP contribution in [0.2, 0.25) is 0 Å². The molecule has 0 rings (SSSR count). The van der Waals surface area contributed by atoms with Gasteiger partial charge < -0.3 is 23.7 Å². The molecule has 0 saturated heterocycles. The van der Waals surface area contributed by atoms with E-state index in [0.29, 0.717) is 13.2 Å². The molecule has 0 heterocycles. The van der Waals surface area contributed by atoms with Crippen LogP contribution in [0.4, 0.5) is 52.7 Å². The SMILES string of the molecule is COCCOCCOCCOCCOCC(F)(F)C(F)(F)C(F)(F)C(F)(F)C(F)(F)C(F)(F)CN=[N+]=[N-]. The maximum Gasteiger partial charge on any atom is 0.384 e. The second-order valence-electron chi connectivity index (χ2n) is 6.98. The Morgan fingerprint density at radius 3 is 1.27 bits per heavy atom. The van der Waals surface area contributed by atoms with Crippen LogP contribution in [0.1, 0.15) is 0 Å². The highest BCUT2D eigenvalue weighted by Crippen LogP contribution is 2.60. The monoisotopic (exact) mass is 577 g/mol. The van der Waals surface area contributed by atoms with Gasteiger partial charge in [-0.3, -0.25) is 0 Å². The molecule has 20 heteroatoms. The molecule has 0 spiro atoms. The van der Waals surface area contributed by atoms with E-state index >= 15 is 0 Å². The number of methoxy groups -OCH3 is 1. The fourth-order valence-electron chi connectivity index (χ4n) is 2.17. The lowest BCUT2D eigenvalue weighted by Gasteiger charge is -2.41. The lowest BCUT2D eigenvalue weighted by molar-refractivity contribution is -0.426. The number of ether oxygens (including phenoxy) is 5. The molecule has 0 radical (unpaired) electrons. The summed E-state index contributed by atoms with van der Waals surface area (Å²) in [5.74, 6) is -42.7. The highest BCUT2D eigenvalue weighted by molar-refractivity contribution is 5.12. The van der Waals surface area contributed by atoms with E-state index in [0.717, 1.165) is 0 Å². The molecule has 0 aliphatic carbocycles. The maximum absolute atomic E-state index is 13.7. The van der Waals surface area contributed by atoms with Crippen LogP contribution < -0.4 is 0 Å². The molecule has 0 unspecified atom stereocenters. The van der Waals surface area contributed by atoms with E-state index in [2.05, 4.69) is 4.74 Å². The zero-order chi connectivity index (χ0) is 29.0. The predicted molar refractivity (Wildman–Crippen MR) is 98.8 cm³/mol. The van der Waals surface area contributed by atoms with Crippen molar-refractivity contribution in [2.75, 3.05) is 73.1 Å². The molecule has 8 nitrogen and oxygen atoms in total. The van der Waals surface area contributed by atoms with Crippen molar-refractivity contribution >= 4 is 0 Å². The minimum absolute atomic E-state index is 0.0400. The van der Waals surface area contributed by atoms with Crippen molar-refractivity contribution in [1.29, 1.82) is 0 Å². The van der Waals surface area contributed by atoms with Gasteiger partial charge in [0.15, 0.2) is 0 Å². The zero-order valence-corrected chi connectivity index (χ0v) is 19.0. The van der Waals surface area contributed by atoms with Crippen LogP contribution in [0.3, 0.4) is 0 Å². The van der Waals surface area contributed by atoms with Crippen molar-refractivity contribution in [2.45, 2.75) is 35.5 Å². The second kappa shape index (κ2) is 14.4. The van der Waals surface area contributed by atoms with Gasteiger partial charge in [0.05, 0.1) is 59.4 Å². The maximum atomic E-state index is 13.7. The Balaban J connectivity index is 4.89. The summed E-state index contributed by atoms with van der Waals surface area (Å²) < 4.78 is 186. The Hall–Kier alpha value is -1.73. The molecule has 0 atom stereocenters. The van der Waals surface area contributed by atoms with Gasteiger partial charge in [-0.05, 0) is 5.53 Å². The smallest absolute Gasteiger partial charge is 0.382 e. The van der Waals surface area contributed by atoms with Crippen LogP contribution in [-0.4, -0.2) is 109 Å². The van der Waals surface area contributed by atoms with Crippen LogP contribution in [0.5, 0.6) is 0 Å². The minimum atomic E-state index is -7.74. The third kappa shape index (κ3) is 8.64. The highest BCUT2D eigenvalue weighted by atomic mass is 19.4. The predicted octanol–water partition coefficient (Wildman–Crippen LogP) is 4.82. The summed E-state index contributed by atoms with van der Waals surface area (Å²) in [6, 6.07) is 0. The average Bonchev–Trinajstić information content (AvgIpc) is 2.80. The van der Waals surface area contributed by atoms with Crippen LogP contribution in [0.15, 0.2) is 5.11 Å². The van der Waals surface area contributed by atoms with Crippen molar-refractivity contribution in [1.82, 2.24) is 0 Å². The van der Waals surface area contributed by atoms with Gasteiger partial charge >= 0.3 is 35.5 Å². The largest absolute Gasteiger partial charge is 0.384 e. The summed E-state index contributed by atoms with van der Waals surface area (Å²) >= 11 is 0. The molecule has 37 heavy (non-hydrogen) atoms. The van der Waals surface area contributed by atoms with Crippen LogP contribution in [-0.2, 0) is 23.7 Å². The van der Waals surface area contributed by atoms with Crippen molar-refractivity contribution in [2.24, 2.45) is 5.11 Å². The third-order valence-electron chi connectivity index (χ3n) is 4.27. The van der Waals surface area contributed by atoms with Crippen LogP contribution >= 0.6 is 0 Å². The Labute approximate surface area is 201 Å². The first kappa shape index (κ1) is 35.3. The van der Waals surface area contributed by atoms with Gasteiger partial charge in [0.25, 0.3) is 0 Å². The molecule has 0 bridgehead atoms. The number of hydrogen-bond donors (Lipinski definition) is 0. The quantitative estimate of drug-likeness (QED) is 0.0641. The molecule has 0 aliphatic heterocycles. The Morgan fingerprint density at radius 2 is 0.892 bits per heavy atom. The molecule has 0 aromatic rings. The number of halogens is 12. The summed E-state index contributed by atoms with van der Waals surface area (Å²) in [4.78, 5) is 1.52. The summed E-state index contributed by atoms with van der Waals surface area (Å²) in [7, 11) is 1.46. The van der Waals surface area contributed by atoms with Gasteiger partial charge in [-0.15, -0.1) is 0 Å². The molecule has 0 saturated carbocycles. The molecule has 0 aliphatic rings. The summed E-state index contributed by atoms with van der Waals surface area (Å²) in [6.07, 6.45) is 0. The fourth-order valence-corrected chi connectivity index (χ4v) is 2.17. The molecule has 0 aromatic heterocycles. The minimum Gasteiger partial charge on any atom is -0.382 e. The Morgan fingerprint density at radius 1 is 0.541 bits per heavy atom. The van der Waals surface area contributed by atoms with Crippen molar-refractivity contribution in [3.05, 3.63) is 10.4 Å². The van der Waals surface area contributed by atoms with Crippen LogP contribution in [0, 0.1) is 0 Å². The zero-order valence-electron chi connectivity index (χ0n) is 19.0. The van der Waals surface area contributed by atoms with E-state index in [1.165, 1.54) is 12.0 Å². The normalized spacial score (nSPS) is 14.1. The van der Waals surface area contributed by atoms with Gasteiger partial charge in [0.2, 0.25) is 0 Å². The van der Waals surface area contributed by atoms with Gasteiger partial charge in [-0.25, -0.2) is 0 Å². The highest BCUT2D eigenvalue weighted by Gasteiger charge is 2.89. The van der Waals surface area contributed by atoms with Gasteiger partial charge in [-0.2, -0.15) is 52.7 Å². The molecule has 0 fully saturated rings. The second-order valence-corrected chi connectivity index (χ2v) is 6.98. The van der Waals surface area contributed by atoms with Gasteiger partial charge in [0, 0.05) is 12.0 Å². The van der Waals surface area contributed by atoms with Crippen LogP contribution in [0.25, 0.3) is 10.4 Å². The van der Waals surface area contributed by atoms with Crippen molar-refractivity contribution in [3.8, 4) is 0 Å². The molecule has 0 N–H and O–H groups in total. The summed E-state index contributed by atoms with van der Waals surface area (Å²) in [5.41, 5.74) is 7.80. The first-order valence-electron chi connectivity index (χ1n) is 9.95. The Bertz CT molecular complexity index is 724. The van der Waals surface area contributed by atoms with E-state index in [4.69, 9.17) is 24.5 Å². The van der Waals surface area contributed by atoms with E-state index in [1.807, 2.05) is 0 Å². The topological polar surface area (TPSA) is 94.9 Å². The number of azide groups is 1. The van der Waals surface area contributed by atoms with E-state index in [-0.39, 0.29) is 26.4 Å². The molecule has 0 aromatic carbocycles. The third-order valence-corrected chi connectivity index (χ3v) is 4.27. The first-order chi connectivity index (χ1) is 16.9. The average molecular weight is 577 g/mol. The molecular formula is C17H23F12N3O5. The van der Waals surface area contributed by atoms with Crippen molar-refractivity contribution < 1.29 is 76.4 Å². The van der Waals surface area contributed by atoms with E-state index in [9.17, 15) is 52.7 Å². The lowest BCUT2D eigenvalue weighted by Crippen LogP contribution is -2.71. The number of hydrogen-bond acceptors (Lipinski definition) is 6.